The van der Waals surface area contributed by atoms with Gasteiger partial charge in [0.2, 0.25) is 5.75 Å². The van der Waals surface area contributed by atoms with Crippen LogP contribution in [0.25, 0.3) is 10.9 Å². The zero-order chi connectivity index (χ0) is 22.9. The SMILES string of the molecule is Cc1nc2ccc(Br)cc2c(=O)n1N=Cc1cc(Br)cc([N+](=O)[O-])c1O[C@@H](C)C(=O)O. The van der Waals surface area contributed by atoms with Crippen molar-refractivity contribution in [2.24, 2.45) is 5.10 Å². The first-order valence-electron chi connectivity index (χ1n) is 8.69. The van der Waals surface area contributed by atoms with Crippen LogP contribution in [0.3, 0.4) is 0 Å². The van der Waals surface area contributed by atoms with E-state index in [9.17, 15) is 19.7 Å². The molecule has 2 aromatic carbocycles. The van der Waals surface area contributed by atoms with Crippen molar-refractivity contribution in [3.05, 3.63) is 71.1 Å². The largest absolute Gasteiger partial charge is 0.479 e. The van der Waals surface area contributed by atoms with Crippen molar-refractivity contribution in [3.63, 3.8) is 0 Å². The number of nitrogens with zero attached hydrogens (tertiary/aromatic N) is 4. The summed E-state index contributed by atoms with van der Waals surface area (Å²) in [7, 11) is 0. The summed E-state index contributed by atoms with van der Waals surface area (Å²) in [6.45, 7) is 2.84. The van der Waals surface area contributed by atoms with Crippen LogP contribution < -0.4 is 10.3 Å². The van der Waals surface area contributed by atoms with Gasteiger partial charge >= 0.3 is 11.7 Å². The van der Waals surface area contributed by atoms with Gasteiger partial charge in [0.25, 0.3) is 5.56 Å². The van der Waals surface area contributed by atoms with Gasteiger partial charge in [0, 0.05) is 20.6 Å². The van der Waals surface area contributed by atoms with Gasteiger partial charge in [-0.2, -0.15) is 9.78 Å². The average molecular weight is 554 g/mol. The fourth-order valence-electron chi connectivity index (χ4n) is 2.70. The van der Waals surface area contributed by atoms with Gasteiger partial charge in [0.15, 0.2) is 6.10 Å². The molecule has 1 heterocycles. The van der Waals surface area contributed by atoms with Crippen LogP contribution in [-0.4, -0.2) is 38.0 Å². The molecule has 160 valence electrons. The molecule has 0 aliphatic rings. The molecule has 0 spiro atoms. The molecule has 1 atom stereocenters. The van der Waals surface area contributed by atoms with Gasteiger partial charge < -0.3 is 9.84 Å². The molecular weight excluding hydrogens is 540 g/mol. The predicted octanol–water partition coefficient (Wildman–Crippen LogP) is 3.87. The second-order valence-electron chi connectivity index (χ2n) is 6.38. The summed E-state index contributed by atoms with van der Waals surface area (Å²) in [6, 6.07) is 7.72. The second-order valence-corrected chi connectivity index (χ2v) is 8.21. The van der Waals surface area contributed by atoms with Gasteiger partial charge in [0.1, 0.15) is 5.82 Å². The number of fused-ring (bicyclic) bond motifs is 1. The van der Waals surface area contributed by atoms with Crippen LogP contribution in [-0.2, 0) is 4.79 Å². The lowest BCUT2D eigenvalue weighted by Gasteiger charge is -2.13. The van der Waals surface area contributed by atoms with Crippen molar-refractivity contribution in [2.75, 3.05) is 0 Å². The van der Waals surface area contributed by atoms with Crippen LogP contribution in [0.4, 0.5) is 5.69 Å². The zero-order valence-corrected chi connectivity index (χ0v) is 19.2. The van der Waals surface area contributed by atoms with Crippen molar-refractivity contribution in [3.8, 4) is 5.75 Å². The molecule has 1 N–H and O–H groups in total. The van der Waals surface area contributed by atoms with Crippen LogP contribution in [0.15, 0.2) is 49.2 Å². The highest BCUT2D eigenvalue weighted by molar-refractivity contribution is 9.10. The quantitative estimate of drug-likeness (QED) is 0.278. The summed E-state index contributed by atoms with van der Waals surface area (Å²) in [6.07, 6.45) is -0.169. The summed E-state index contributed by atoms with van der Waals surface area (Å²) in [5.41, 5.74) is -0.288. The molecule has 0 aliphatic heterocycles. The van der Waals surface area contributed by atoms with E-state index in [1.165, 1.54) is 25.3 Å². The monoisotopic (exact) mass is 552 g/mol. The molecule has 0 amide bonds. The number of carbonyl (C=O) groups is 1. The van der Waals surface area contributed by atoms with E-state index in [1.807, 2.05) is 0 Å². The minimum Gasteiger partial charge on any atom is -0.479 e. The van der Waals surface area contributed by atoms with Crippen molar-refractivity contribution < 1.29 is 19.6 Å². The second kappa shape index (κ2) is 8.94. The van der Waals surface area contributed by atoms with Gasteiger partial charge in [-0.25, -0.2) is 9.78 Å². The van der Waals surface area contributed by atoms with Gasteiger partial charge in [-0.1, -0.05) is 31.9 Å². The van der Waals surface area contributed by atoms with Gasteiger partial charge in [-0.15, -0.1) is 0 Å². The lowest BCUT2D eigenvalue weighted by molar-refractivity contribution is -0.386. The lowest BCUT2D eigenvalue weighted by Crippen LogP contribution is -2.24. The Morgan fingerprint density at radius 2 is 2.03 bits per heavy atom. The van der Waals surface area contributed by atoms with Crippen molar-refractivity contribution >= 4 is 60.6 Å². The number of rotatable bonds is 6. The van der Waals surface area contributed by atoms with E-state index in [0.717, 1.165) is 4.68 Å². The number of halogens is 2. The molecule has 0 saturated heterocycles. The molecule has 12 heteroatoms. The molecule has 0 unspecified atom stereocenters. The van der Waals surface area contributed by atoms with Crippen LogP contribution >= 0.6 is 31.9 Å². The molecule has 0 saturated carbocycles. The van der Waals surface area contributed by atoms with E-state index in [4.69, 9.17) is 9.84 Å². The molecule has 0 aliphatic carbocycles. The highest BCUT2D eigenvalue weighted by atomic mass is 79.9. The predicted molar refractivity (Wildman–Crippen MR) is 120 cm³/mol. The Labute approximate surface area is 191 Å². The van der Waals surface area contributed by atoms with E-state index in [2.05, 4.69) is 41.9 Å². The fraction of sp³-hybridized carbons (Fsp3) is 0.158. The van der Waals surface area contributed by atoms with Crippen LogP contribution in [0.2, 0.25) is 0 Å². The van der Waals surface area contributed by atoms with E-state index in [1.54, 1.807) is 25.1 Å². The zero-order valence-electron chi connectivity index (χ0n) is 16.1. The third-order valence-corrected chi connectivity index (χ3v) is 5.14. The van der Waals surface area contributed by atoms with Gasteiger partial charge in [0.05, 0.1) is 22.0 Å². The average Bonchev–Trinajstić information content (AvgIpc) is 2.69. The van der Waals surface area contributed by atoms with Gasteiger partial charge in [-0.05, 0) is 38.1 Å². The fourth-order valence-corrected chi connectivity index (χ4v) is 3.53. The molecule has 0 fully saturated rings. The van der Waals surface area contributed by atoms with Crippen molar-refractivity contribution in [1.82, 2.24) is 9.66 Å². The molecular formula is C19H14Br2N4O6. The first-order chi connectivity index (χ1) is 14.6. The van der Waals surface area contributed by atoms with E-state index < -0.39 is 28.2 Å². The topological polar surface area (TPSA) is 137 Å². The molecule has 3 aromatic rings. The summed E-state index contributed by atoms with van der Waals surface area (Å²) in [5.74, 6) is -1.28. The number of aliphatic carboxylic acids is 1. The first-order valence-corrected chi connectivity index (χ1v) is 10.3. The number of carboxylic acid groups (broad SMARTS) is 1. The normalized spacial score (nSPS) is 12.3. The summed E-state index contributed by atoms with van der Waals surface area (Å²) in [5, 5.41) is 25.1. The maximum Gasteiger partial charge on any atom is 0.344 e. The standard InChI is InChI=1S/C19H14Br2N4O6/c1-9(19(27)28)31-17-11(5-13(21)7-16(17)25(29)30)8-22-24-10(2)23-15-4-3-12(20)6-14(15)18(24)26/h3-9H,1-2H3,(H,27,28)/t9-/m0/s1. The number of nitro groups is 1. The Bertz CT molecular complexity index is 1300. The lowest BCUT2D eigenvalue weighted by atomic mass is 10.2. The van der Waals surface area contributed by atoms with Crippen molar-refractivity contribution in [2.45, 2.75) is 20.0 Å². The molecule has 1 aromatic heterocycles. The highest BCUT2D eigenvalue weighted by Crippen LogP contribution is 2.34. The third-order valence-electron chi connectivity index (χ3n) is 4.18. The minimum absolute atomic E-state index is 0.106. The van der Waals surface area contributed by atoms with Crippen molar-refractivity contribution in [1.29, 1.82) is 0 Å². The minimum atomic E-state index is -1.35. The Balaban J connectivity index is 2.17. The number of hydrogen-bond donors (Lipinski definition) is 1. The molecule has 31 heavy (non-hydrogen) atoms. The van der Waals surface area contributed by atoms with E-state index in [0.29, 0.717) is 25.7 Å². The summed E-state index contributed by atoms with van der Waals surface area (Å²) < 4.78 is 7.42. The van der Waals surface area contributed by atoms with E-state index in [-0.39, 0.29) is 11.3 Å². The number of ether oxygens (including phenoxy) is 1. The molecule has 10 nitrogen and oxygen atoms in total. The summed E-state index contributed by atoms with van der Waals surface area (Å²) in [4.78, 5) is 39.2. The van der Waals surface area contributed by atoms with Crippen LogP contribution in [0, 0.1) is 17.0 Å². The highest BCUT2D eigenvalue weighted by Gasteiger charge is 2.24. The number of aryl methyl sites for hydroxylation is 1. The Kier molecular flexibility index (Phi) is 6.51. The Morgan fingerprint density at radius 3 is 2.68 bits per heavy atom. The smallest absolute Gasteiger partial charge is 0.344 e. The first kappa shape index (κ1) is 22.6. The number of hydrogen-bond acceptors (Lipinski definition) is 7. The van der Waals surface area contributed by atoms with Crippen LogP contribution in [0.1, 0.15) is 18.3 Å². The van der Waals surface area contributed by atoms with Gasteiger partial charge in [-0.3, -0.25) is 14.9 Å². The molecule has 0 bridgehead atoms. The Hall–Kier alpha value is -3.12. The number of aromatic nitrogens is 2. The Morgan fingerprint density at radius 1 is 1.32 bits per heavy atom. The van der Waals surface area contributed by atoms with E-state index >= 15 is 0 Å². The molecule has 0 radical (unpaired) electrons. The third kappa shape index (κ3) is 4.80. The summed E-state index contributed by atoms with van der Waals surface area (Å²) >= 11 is 6.49. The number of benzene rings is 2. The number of carboxylic acids is 1. The maximum absolute atomic E-state index is 12.9. The number of nitro benzene ring substituents is 1. The van der Waals surface area contributed by atoms with Crippen LogP contribution in [0.5, 0.6) is 5.75 Å². The maximum atomic E-state index is 12.9. The molecule has 3 rings (SSSR count).